The molecular weight excluding hydrogens is 522 g/mol. The molecule has 4 aliphatic rings. The lowest BCUT2D eigenvalue weighted by molar-refractivity contribution is -0.152. The molecule has 1 amide bonds. The number of ether oxygens (including phenoxy) is 1. The summed E-state index contributed by atoms with van der Waals surface area (Å²) < 4.78 is 5.93. The largest absolute Gasteiger partial charge is 0.462 e. The molecule has 7 unspecified atom stereocenters. The number of esters is 1. The smallest absolute Gasteiger partial charge is 0.306 e. The van der Waals surface area contributed by atoms with Crippen molar-refractivity contribution in [2.75, 3.05) is 6.54 Å². The van der Waals surface area contributed by atoms with Crippen molar-refractivity contribution in [2.24, 2.45) is 46.3 Å². The highest BCUT2D eigenvalue weighted by Gasteiger charge is 2.59. The molecule has 1 aromatic heterocycles. The molecule has 1 aromatic rings. The molecule has 3 saturated carbocycles. The molecule has 2 N–H and O–H groups in total. The second kappa shape index (κ2) is 13.3. The quantitative estimate of drug-likeness (QED) is 0.195. The molecule has 6 heteroatoms. The van der Waals surface area contributed by atoms with Gasteiger partial charge in [0.2, 0.25) is 5.91 Å². The van der Waals surface area contributed by atoms with Crippen molar-refractivity contribution in [2.45, 2.75) is 131 Å². The summed E-state index contributed by atoms with van der Waals surface area (Å²) in [6, 6.07) is 0. The van der Waals surface area contributed by atoms with Crippen LogP contribution in [0.2, 0.25) is 0 Å². The number of amides is 1. The van der Waals surface area contributed by atoms with Crippen molar-refractivity contribution in [1.29, 1.82) is 0 Å². The van der Waals surface area contributed by atoms with Crippen LogP contribution in [-0.4, -0.2) is 34.5 Å². The van der Waals surface area contributed by atoms with Gasteiger partial charge in [-0.25, -0.2) is 4.98 Å². The van der Waals surface area contributed by atoms with E-state index in [1.165, 1.54) is 51.4 Å². The first-order chi connectivity index (χ1) is 20.1. The number of allylic oxidation sites excluding steroid dienone is 1. The van der Waals surface area contributed by atoms with E-state index in [1.807, 2.05) is 0 Å². The Kier molecular flexibility index (Phi) is 9.89. The molecule has 42 heavy (non-hydrogen) atoms. The van der Waals surface area contributed by atoms with Crippen LogP contribution < -0.4 is 5.32 Å². The Balaban J connectivity index is 1.11. The van der Waals surface area contributed by atoms with E-state index in [9.17, 15) is 9.59 Å². The summed E-state index contributed by atoms with van der Waals surface area (Å²) in [5.74, 6) is 4.66. The number of imidazole rings is 1. The molecule has 8 atom stereocenters. The molecule has 6 nitrogen and oxygen atoms in total. The normalized spacial score (nSPS) is 34.6. The Morgan fingerprint density at radius 1 is 1.07 bits per heavy atom. The molecule has 0 bridgehead atoms. The van der Waals surface area contributed by atoms with Crippen molar-refractivity contribution >= 4 is 11.9 Å². The van der Waals surface area contributed by atoms with E-state index in [0.29, 0.717) is 18.4 Å². The maximum atomic E-state index is 12.7. The average Bonchev–Trinajstić information content (AvgIpc) is 3.59. The van der Waals surface area contributed by atoms with E-state index in [4.69, 9.17) is 4.74 Å². The van der Waals surface area contributed by atoms with Gasteiger partial charge in [0.25, 0.3) is 0 Å². The average molecular weight is 580 g/mol. The number of aromatic nitrogens is 2. The van der Waals surface area contributed by atoms with Crippen LogP contribution in [0.3, 0.4) is 0 Å². The Labute approximate surface area is 254 Å². The number of fused-ring (bicyclic) bond motifs is 5. The lowest BCUT2D eigenvalue weighted by Crippen LogP contribution is -2.51. The Morgan fingerprint density at radius 3 is 2.67 bits per heavy atom. The van der Waals surface area contributed by atoms with Crippen molar-refractivity contribution in [3.8, 4) is 0 Å². The number of rotatable bonds is 12. The fraction of sp³-hybridized carbons (Fsp3) is 0.806. The van der Waals surface area contributed by atoms with Gasteiger partial charge in [0.05, 0.1) is 12.7 Å². The van der Waals surface area contributed by atoms with Crippen LogP contribution in [0.15, 0.2) is 24.2 Å². The highest BCUT2D eigenvalue weighted by Crippen LogP contribution is 2.67. The summed E-state index contributed by atoms with van der Waals surface area (Å²) in [5.41, 5.74) is 3.30. The fourth-order valence-electron chi connectivity index (χ4n) is 10.1. The van der Waals surface area contributed by atoms with Gasteiger partial charge in [0, 0.05) is 37.7 Å². The Bertz CT molecular complexity index is 1100. The predicted octanol–water partition coefficient (Wildman–Crippen LogP) is 7.80. The summed E-state index contributed by atoms with van der Waals surface area (Å²) in [5, 5.41) is 2.88. The Morgan fingerprint density at radius 2 is 1.90 bits per heavy atom. The number of hydrogen-bond acceptors (Lipinski definition) is 4. The van der Waals surface area contributed by atoms with Gasteiger partial charge in [-0.15, -0.1) is 0 Å². The summed E-state index contributed by atoms with van der Waals surface area (Å²) in [6.45, 7) is 13.0. The SMILES string of the molecule is CC(C)CCCC(C)C1CCC2C3CC=C4CC(OC(=O)CCC(=O)NCCc5cnc[nH]5)CC[C@@]4(C)C3CCC12C. The summed E-state index contributed by atoms with van der Waals surface area (Å²) in [4.78, 5) is 31.9. The van der Waals surface area contributed by atoms with Gasteiger partial charge in [-0.3, -0.25) is 9.59 Å². The number of H-pyrrole nitrogens is 1. The first kappa shape index (κ1) is 31.3. The van der Waals surface area contributed by atoms with Crippen molar-refractivity contribution < 1.29 is 14.3 Å². The number of carbonyl (C=O) groups excluding carboxylic acids is 2. The fourth-order valence-corrected chi connectivity index (χ4v) is 10.1. The van der Waals surface area contributed by atoms with Gasteiger partial charge in [0.15, 0.2) is 0 Å². The highest BCUT2D eigenvalue weighted by molar-refractivity contribution is 5.81. The van der Waals surface area contributed by atoms with Gasteiger partial charge in [-0.1, -0.05) is 65.5 Å². The molecule has 4 aliphatic carbocycles. The molecule has 0 radical (unpaired) electrons. The highest BCUT2D eigenvalue weighted by atomic mass is 16.5. The van der Waals surface area contributed by atoms with Gasteiger partial charge in [-0.2, -0.15) is 0 Å². The van der Waals surface area contributed by atoms with Crippen LogP contribution in [-0.2, 0) is 20.7 Å². The second-order valence-corrected chi connectivity index (χ2v) is 15.3. The van der Waals surface area contributed by atoms with Crippen LogP contribution >= 0.6 is 0 Å². The number of nitrogens with zero attached hydrogens (tertiary/aromatic N) is 1. The molecular formula is C36H57N3O3. The number of carbonyl (C=O) groups is 2. The lowest BCUT2D eigenvalue weighted by atomic mass is 9.47. The molecule has 5 rings (SSSR count). The van der Waals surface area contributed by atoms with Crippen LogP contribution in [0.5, 0.6) is 0 Å². The van der Waals surface area contributed by atoms with Crippen molar-refractivity contribution in [3.63, 3.8) is 0 Å². The van der Waals surface area contributed by atoms with Gasteiger partial charge < -0.3 is 15.0 Å². The van der Waals surface area contributed by atoms with Crippen molar-refractivity contribution in [1.82, 2.24) is 15.3 Å². The minimum Gasteiger partial charge on any atom is -0.462 e. The molecule has 0 saturated heterocycles. The zero-order valence-corrected chi connectivity index (χ0v) is 27.1. The van der Waals surface area contributed by atoms with E-state index >= 15 is 0 Å². The van der Waals surface area contributed by atoms with Crippen molar-refractivity contribution in [3.05, 3.63) is 29.9 Å². The summed E-state index contributed by atoms with van der Waals surface area (Å²) in [7, 11) is 0. The third kappa shape index (κ3) is 6.68. The zero-order chi connectivity index (χ0) is 29.9. The first-order valence-corrected chi connectivity index (χ1v) is 17.2. The van der Waals surface area contributed by atoms with E-state index in [0.717, 1.165) is 60.5 Å². The maximum absolute atomic E-state index is 12.7. The van der Waals surface area contributed by atoms with E-state index in [-0.39, 0.29) is 36.2 Å². The van der Waals surface area contributed by atoms with Gasteiger partial charge in [-0.05, 0) is 91.3 Å². The molecule has 234 valence electrons. The van der Waals surface area contributed by atoms with E-state index in [1.54, 1.807) is 18.1 Å². The van der Waals surface area contributed by atoms with Crippen LogP contribution in [0.4, 0.5) is 0 Å². The lowest BCUT2D eigenvalue weighted by Gasteiger charge is -2.58. The summed E-state index contributed by atoms with van der Waals surface area (Å²) in [6.07, 6.45) is 20.8. The summed E-state index contributed by atoms with van der Waals surface area (Å²) >= 11 is 0. The van der Waals surface area contributed by atoms with Gasteiger partial charge >= 0.3 is 5.97 Å². The van der Waals surface area contributed by atoms with E-state index < -0.39 is 0 Å². The monoisotopic (exact) mass is 579 g/mol. The number of aromatic amines is 1. The molecule has 0 aromatic carbocycles. The topological polar surface area (TPSA) is 84.1 Å². The van der Waals surface area contributed by atoms with Crippen LogP contribution in [0.1, 0.15) is 124 Å². The zero-order valence-electron chi connectivity index (χ0n) is 27.1. The first-order valence-electron chi connectivity index (χ1n) is 17.2. The second-order valence-electron chi connectivity index (χ2n) is 15.3. The van der Waals surface area contributed by atoms with Gasteiger partial charge in [0.1, 0.15) is 6.10 Å². The van der Waals surface area contributed by atoms with Crippen LogP contribution in [0, 0.1) is 46.3 Å². The third-order valence-electron chi connectivity index (χ3n) is 12.4. The Hall–Kier alpha value is -2.11. The number of nitrogens with one attached hydrogen (secondary N) is 2. The van der Waals surface area contributed by atoms with E-state index in [2.05, 4.69) is 56.0 Å². The molecule has 0 spiro atoms. The number of hydrogen-bond donors (Lipinski definition) is 2. The minimum absolute atomic E-state index is 0.0479. The molecule has 0 aliphatic heterocycles. The maximum Gasteiger partial charge on any atom is 0.306 e. The predicted molar refractivity (Wildman–Crippen MR) is 167 cm³/mol. The standard InChI is InChI=1S/C36H57N3O3/c1-24(2)7-6-8-25(3)30-11-12-31-29-10-9-26-21-28(15-18-35(26,4)32(29)16-19-36(30,31)5)42-34(41)14-13-33(40)38-20-17-27-22-37-23-39-27/h9,22-25,28-32H,6-8,10-21H2,1-5H3,(H,37,39)(H,38,40)/t25?,28?,29?,30?,31?,32?,35-,36?/m1/s1. The molecule has 1 heterocycles. The minimum atomic E-state index is -0.241. The molecule has 3 fully saturated rings. The third-order valence-corrected chi connectivity index (χ3v) is 12.4. The van der Waals surface area contributed by atoms with Crippen LogP contribution in [0.25, 0.3) is 0 Å².